The Labute approximate surface area is 115 Å². The van der Waals surface area contributed by atoms with Gasteiger partial charge in [-0.05, 0) is 6.92 Å². The number of benzene rings is 1. The lowest BCUT2D eigenvalue weighted by Gasteiger charge is -2.37. The van der Waals surface area contributed by atoms with Crippen LogP contribution < -0.4 is 0 Å². The zero-order valence-electron chi connectivity index (χ0n) is 11.2. The monoisotopic (exact) mass is 284 g/mol. The first kappa shape index (κ1) is 14.8. The van der Waals surface area contributed by atoms with Crippen LogP contribution in [-0.2, 0) is 11.3 Å². The molecule has 0 amide bonds. The number of nitro groups is 1. The summed E-state index contributed by atoms with van der Waals surface area (Å²) < 4.78 is 19.4. The van der Waals surface area contributed by atoms with Gasteiger partial charge in [-0.2, -0.15) is 4.39 Å². The van der Waals surface area contributed by atoms with E-state index in [1.54, 1.807) is 6.07 Å². The molecule has 6 nitrogen and oxygen atoms in total. The van der Waals surface area contributed by atoms with Gasteiger partial charge in [-0.3, -0.25) is 15.0 Å². The van der Waals surface area contributed by atoms with Crippen molar-refractivity contribution in [2.24, 2.45) is 0 Å². The van der Waals surface area contributed by atoms with Crippen LogP contribution in [0.15, 0.2) is 18.2 Å². The van der Waals surface area contributed by atoms with Gasteiger partial charge >= 0.3 is 5.69 Å². The molecule has 1 aliphatic heterocycles. The zero-order chi connectivity index (χ0) is 14.7. The van der Waals surface area contributed by atoms with E-state index in [9.17, 15) is 14.5 Å². The normalized spacial score (nSPS) is 23.8. The molecule has 7 heteroatoms. The molecule has 0 aliphatic carbocycles. The van der Waals surface area contributed by atoms with Gasteiger partial charge < -0.3 is 9.84 Å². The summed E-state index contributed by atoms with van der Waals surface area (Å²) in [6.45, 7) is 3.01. The fourth-order valence-electron chi connectivity index (χ4n) is 2.25. The maximum absolute atomic E-state index is 14.0. The van der Waals surface area contributed by atoms with Gasteiger partial charge in [0.15, 0.2) is 0 Å². The minimum absolute atomic E-state index is 0.0662. The Kier molecular flexibility index (Phi) is 4.64. The first-order valence-corrected chi connectivity index (χ1v) is 6.41. The second kappa shape index (κ2) is 6.25. The van der Waals surface area contributed by atoms with Crippen molar-refractivity contribution in [3.63, 3.8) is 0 Å². The van der Waals surface area contributed by atoms with Gasteiger partial charge in [0.05, 0.1) is 24.2 Å². The van der Waals surface area contributed by atoms with Gasteiger partial charge in [0.1, 0.15) is 0 Å². The third kappa shape index (κ3) is 3.12. The molecular formula is C13H17FN2O4. The highest BCUT2D eigenvalue weighted by Gasteiger charge is 2.27. The van der Waals surface area contributed by atoms with E-state index in [0.717, 1.165) is 6.07 Å². The third-order valence-corrected chi connectivity index (χ3v) is 3.47. The number of hydrogen-bond acceptors (Lipinski definition) is 5. The lowest BCUT2D eigenvalue weighted by atomic mass is 10.1. The highest BCUT2D eigenvalue weighted by atomic mass is 19.1. The van der Waals surface area contributed by atoms with E-state index >= 15 is 0 Å². The van der Waals surface area contributed by atoms with Gasteiger partial charge in [0, 0.05) is 30.8 Å². The van der Waals surface area contributed by atoms with Crippen LogP contribution in [0.3, 0.4) is 0 Å². The molecule has 0 aromatic heterocycles. The van der Waals surface area contributed by atoms with Crippen LogP contribution >= 0.6 is 0 Å². The molecule has 2 unspecified atom stereocenters. The molecule has 0 spiro atoms. The average Bonchev–Trinajstić information content (AvgIpc) is 2.43. The molecule has 1 aliphatic rings. The van der Waals surface area contributed by atoms with Crippen molar-refractivity contribution in [3.05, 3.63) is 39.7 Å². The fourth-order valence-corrected chi connectivity index (χ4v) is 2.25. The van der Waals surface area contributed by atoms with Crippen LogP contribution in [0.2, 0.25) is 0 Å². The van der Waals surface area contributed by atoms with E-state index < -0.39 is 16.4 Å². The molecule has 0 radical (unpaired) electrons. The number of hydrogen-bond donors (Lipinski definition) is 1. The molecular weight excluding hydrogens is 267 g/mol. The number of nitro benzene ring substituents is 1. The summed E-state index contributed by atoms with van der Waals surface area (Å²) in [7, 11) is 0. The second-order valence-electron chi connectivity index (χ2n) is 4.92. The summed E-state index contributed by atoms with van der Waals surface area (Å²) in [5.41, 5.74) is -0.230. The Morgan fingerprint density at radius 1 is 1.60 bits per heavy atom. The average molecular weight is 284 g/mol. The molecule has 1 aromatic carbocycles. The van der Waals surface area contributed by atoms with Crippen LogP contribution in [0.5, 0.6) is 0 Å². The fraction of sp³-hybridized carbons (Fsp3) is 0.538. The number of halogens is 1. The molecule has 2 rings (SSSR count). The molecule has 110 valence electrons. The van der Waals surface area contributed by atoms with Crippen molar-refractivity contribution in [1.29, 1.82) is 0 Å². The lowest BCUT2D eigenvalue weighted by Crippen LogP contribution is -2.48. The van der Waals surface area contributed by atoms with Gasteiger partial charge in [0.25, 0.3) is 0 Å². The predicted octanol–water partition coefficient (Wildman–Crippen LogP) is 1.32. The molecule has 1 heterocycles. The van der Waals surface area contributed by atoms with E-state index in [1.807, 2.05) is 11.8 Å². The van der Waals surface area contributed by atoms with Gasteiger partial charge in [-0.15, -0.1) is 0 Å². The molecule has 0 saturated carbocycles. The summed E-state index contributed by atoms with van der Waals surface area (Å²) >= 11 is 0. The van der Waals surface area contributed by atoms with Crippen molar-refractivity contribution in [2.75, 3.05) is 19.8 Å². The van der Waals surface area contributed by atoms with Crippen molar-refractivity contribution >= 4 is 5.69 Å². The molecule has 0 bridgehead atoms. The standard InChI is InChI=1S/C13H17FN2O4/c1-9-8-20-11(7-17)6-15(9)5-10-3-2-4-12(13(10)14)16(18)19/h2-4,9,11,17H,5-8H2,1H3. The summed E-state index contributed by atoms with van der Waals surface area (Å²) in [5, 5.41) is 19.8. The van der Waals surface area contributed by atoms with Crippen molar-refractivity contribution in [2.45, 2.75) is 25.6 Å². The molecule has 20 heavy (non-hydrogen) atoms. The smallest absolute Gasteiger partial charge is 0.305 e. The summed E-state index contributed by atoms with van der Waals surface area (Å²) in [5.74, 6) is -0.795. The molecule has 1 saturated heterocycles. The van der Waals surface area contributed by atoms with Crippen LogP contribution in [0.4, 0.5) is 10.1 Å². The lowest BCUT2D eigenvalue weighted by molar-refractivity contribution is -0.387. The molecule has 1 aromatic rings. The van der Waals surface area contributed by atoms with Crippen LogP contribution in [-0.4, -0.2) is 46.8 Å². The van der Waals surface area contributed by atoms with Gasteiger partial charge in [-0.1, -0.05) is 12.1 Å². The number of nitrogens with zero attached hydrogens (tertiary/aromatic N) is 2. The van der Waals surface area contributed by atoms with Crippen molar-refractivity contribution in [3.8, 4) is 0 Å². The molecule has 2 atom stereocenters. The summed E-state index contributed by atoms with van der Waals surface area (Å²) in [4.78, 5) is 12.0. The quantitative estimate of drug-likeness (QED) is 0.666. The minimum Gasteiger partial charge on any atom is -0.394 e. The van der Waals surface area contributed by atoms with E-state index in [0.29, 0.717) is 13.2 Å². The van der Waals surface area contributed by atoms with Gasteiger partial charge in [0.2, 0.25) is 5.82 Å². The number of morpholine rings is 1. The Morgan fingerprint density at radius 2 is 2.35 bits per heavy atom. The second-order valence-corrected chi connectivity index (χ2v) is 4.92. The SMILES string of the molecule is CC1COC(CO)CN1Cc1cccc([N+](=O)[O-])c1F. The molecule has 1 N–H and O–H groups in total. The predicted molar refractivity (Wildman–Crippen MR) is 69.8 cm³/mol. The van der Waals surface area contributed by atoms with Crippen LogP contribution in [0, 0.1) is 15.9 Å². The zero-order valence-corrected chi connectivity index (χ0v) is 11.2. The molecule has 1 fully saturated rings. The van der Waals surface area contributed by atoms with Crippen molar-refractivity contribution in [1.82, 2.24) is 4.90 Å². The summed E-state index contributed by atoms with van der Waals surface area (Å²) in [6, 6.07) is 4.23. The van der Waals surface area contributed by atoms with Crippen molar-refractivity contribution < 1.29 is 19.2 Å². The van der Waals surface area contributed by atoms with E-state index in [-0.39, 0.29) is 30.9 Å². The highest BCUT2D eigenvalue weighted by molar-refractivity contribution is 5.36. The Hall–Kier alpha value is -1.57. The Bertz CT molecular complexity index is 497. The number of aliphatic hydroxyl groups is 1. The van der Waals surface area contributed by atoms with Gasteiger partial charge in [-0.25, -0.2) is 0 Å². The number of ether oxygens (including phenoxy) is 1. The number of rotatable bonds is 4. The van der Waals surface area contributed by atoms with E-state index in [4.69, 9.17) is 9.84 Å². The highest BCUT2D eigenvalue weighted by Crippen LogP contribution is 2.23. The maximum atomic E-state index is 14.0. The largest absolute Gasteiger partial charge is 0.394 e. The van der Waals surface area contributed by atoms with Crippen LogP contribution in [0.1, 0.15) is 12.5 Å². The topological polar surface area (TPSA) is 75.8 Å². The first-order chi connectivity index (χ1) is 9.52. The Balaban J connectivity index is 2.16. The van der Waals surface area contributed by atoms with Crippen LogP contribution in [0.25, 0.3) is 0 Å². The van der Waals surface area contributed by atoms with E-state index in [1.165, 1.54) is 6.07 Å². The maximum Gasteiger partial charge on any atom is 0.305 e. The summed E-state index contributed by atoms with van der Waals surface area (Å²) in [6.07, 6.45) is -0.298. The van der Waals surface area contributed by atoms with E-state index in [2.05, 4.69) is 0 Å². The Morgan fingerprint density at radius 3 is 3.00 bits per heavy atom. The minimum atomic E-state index is -0.795. The third-order valence-electron chi connectivity index (χ3n) is 3.47. The number of aliphatic hydroxyl groups excluding tert-OH is 1. The first-order valence-electron chi connectivity index (χ1n) is 6.41.